The molecule has 0 bridgehead atoms. The van der Waals surface area contributed by atoms with Crippen molar-refractivity contribution in [1.29, 1.82) is 0 Å². The third-order valence-corrected chi connectivity index (χ3v) is 4.64. The second kappa shape index (κ2) is 6.67. The van der Waals surface area contributed by atoms with Gasteiger partial charge in [-0.2, -0.15) is 0 Å². The summed E-state index contributed by atoms with van der Waals surface area (Å²) < 4.78 is 0. The molecule has 1 aliphatic rings. The maximum atomic E-state index is 2.45. The topological polar surface area (TPSA) is 0 Å². The van der Waals surface area contributed by atoms with Crippen LogP contribution in [-0.4, -0.2) is 0 Å². The van der Waals surface area contributed by atoms with Gasteiger partial charge in [-0.05, 0) is 23.7 Å². The molecule has 0 amide bonds. The van der Waals surface area contributed by atoms with Crippen molar-refractivity contribution < 1.29 is 0 Å². The van der Waals surface area contributed by atoms with Gasteiger partial charge in [-0.3, -0.25) is 0 Å². The Morgan fingerprint density at radius 1 is 0.875 bits per heavy atom. The van der Waals surface area contributed by atoms with E-state index in [9.17, 15) is 0 Å². The van der Waals surface area contributed by atoms with Crippen LogP contribution in [0.1, 0.15) is 85.5 Å². The molecule has 0 N–H and O–H groups in total. The summed E-state index contributed by atoms with van der Waals surface area (Å²) >= 11 is 0. The molecule has 0 heterocycles. The number of hydrogen-bond acceptors (Lipinski definition) is 0. The fraction of sp³-hybridized carbons (Fsp3) is 1.00. The van der Waals surface area contributed by atoms with Crippen molar-refractivity contribution in [2.75, 3.05) is 0 Å². The highest BCUT2D eigenvalue weighted by Gasteiger charge is 2.23. The smallest absolute Gasteiger partial charge is 0.0357 e. The monoisotopic (exact) mass is 224 g/mol. The lowest BCUT2D eigenvalue weighted by Gasteiger charge is -2.31. The first-order chi connectivity index (χ1) is 7.50. The molecule has 0 nitrogen and oxygen atoms in total. The molecular formula is C16H32. The number of rotatable bonds is 2. The standard InChI is InChI=1S/C16H32/c1-14(16(2,3)4)13-15-11-9-7-5-6-8-10-12-15/h14-15H,5-13H2,1-4H3. The number of hydrogen-bond donors (Lipinski definition) is 0. The van der Waals surface area contributed by atoms with Gasteiger partial charge in [-0.1, -0.05) is 79.1 Å². The molecule has 1 atom stereocenters. The molecule has 1 fully saturated rings. The van der Waals surface area contributed by atoms with Crippen molar-refractivity contribution in [3.05, 3.63) is 0 Å². The van der Waals surface area contributed by atoms with E-state index in [4.69, 9.17) is 0 Å². The van der Waals surface area contributed by atoms with Crippen molar-refractivity contribution in [2.24, 2.45) is 17.3 Å². The summed E-state index contributed by atoms with van der Waals surface area (Å²) in [4.78, 5) is 0. The van der Waals surface area contributed by atoms with Gasteiger partial charge in [0.05, 0.1) is 0 Å². The van der Waals surface area contributed by atoms with Crippen LogP contribution in [0.5, 0.6) is 0 Å². The molecule has 1 unspecified atom stereocenters. The summed E-state index contributed by atoms with van der Waals surface area (Å²) in [6.07, 6.45) is 13.4. The average molecular weight is 224 g/mol. The predicted octanol–water partition coefficient (Wildman–Crippen LogP) is 5.81. The fourth-order valence-corrected chi connectivity index (χ4v) is 2.81. The van der Waals surface area contributed by atoms with E-state index in [0.717, 1.165) is 11.8 Å². The van der Waals surface area contributed by atoms with Gasteiger partial charge in [0.15, 0.2) is 0 Å². The fourth-order valence-electron chi connectivity index (χ4n) is 2.81. The van der Waals surface area contributed by atoms with Crippen molar-refractivity contribution in [3.8, 4) is 0 Å². The molecule has 16 heavy (non-hydrogen) atoms. The van der Waals surface area contributed by atoms with E-state index >= 15 is 0 Å². The van der Waals surface area contributed by atoms with Crippen LogP contribution in [0.4, 0.5) is 0 Å². The van der Waals surface area contributed by atoms with Crippen LogP contribution in [0, 0.1) is 17.3 Å². The Morgan fingerprint density at radius 3 is 1.75 bits per heavy atom. The van der Waals surface area contributed by atoms with Gasteiger partial charge >= 0.3 is 0 Å². The van der Waals surface area contributed by atoms with Gasteiger partial charge in [0.1, 0.15) is 0 Å². The minimum absolute atomic E-state index is 0.498. The van der Waals surface area contributed by atoms with Crippen LogP contribution >= 0.6 is 0 Å². The van der Waals surface area contributed by atoms with Crippen molar-refractivity contribution in [1.82, 2.24) is 0 Å². The Balaban J connectivity index is 2.37. The maximum Gasteiger partial charge on any atom is -0.0357 e. The summed E-state index contributed by atoms with van der Waals surface area (Å²) in [6, 6.07) is 0. The largest absolute Gasteiger partial charge is 0.0620 e. The van der Waals surface area contributed by atoms with Crippen molar-refractivity contribution in [2.45, 2.75) is 85.5 Å². The first-order valence-corrected chi connectivity index (χ1v) is 7.50. The van der Waals surface area contributed by atoms with Crippen molar-refractivity contribution in [3.63, 3.8) is 0 Å². The van der Waals surface area contributed by atoms with E-state index in [-0.39, 0.29) is 0 Å². The molecule has 1 rings (SSSR count). The van der Waals surface area contributed by atoms with E-state index in [1.165, 1.54) is 57.8 Å². The Labute approximate surface area is 103 Å². The zero-order valence-corrected chi connectivity index (χ0v) is 12.0. The van der Waals surface area contributed by atoms with Crippen LogP contribution in [0.3, 0.4) is 0 Å². The highest BCUT2D eigenvalue weighted by atomic mass is 14.3. The van der Waals surface area contributed by atoms with Crippen LogP contribution in [-0.2, 0) is 0 Å². The molecule has 1 saturated carbocycles. The Bertz CT molecular complexity index is 165. The third-order valence-electron chi connectivity index (χ3n) is 4.64. The van der Waals surface area contributed by atoms with Crippen LogP contribution in [0.25, 0.3) is 0 Å². The average Bonchev–Trinajstić information content (AvgIpc) is 2.30. The zero-order valence-electron chi connectivity index (χ0n) is 12.0. The van der Waals surface area contributed by atoms with E-state index in [2.05, 4.69) is 27.7 Å². The Hall–Kier alpha value is 0. The van der Waals surface area contributed by atoms with Crippen LogP contribution < -0.4 is 0 Å². The molecular weight excluding hydrogens is 192 g/mol. The summed E-state index contributed by atoms with van der Waals surface area (Å²) in [5.41, 5.74) is 0.498. The normalized spacial score (nSPS) is 23.2. The van der Waals surface area contributed by atoms with Gasteiger partial charge in [0, 0.05) is 0 Å². The molecule has 1 aliphatic carbocycles. The first-order valence-electron chi connectivity index (χ1n) is 7.50. The van der Waals surface area contributed by atoms with Gasteiger partial charge in [0.25, 0.3) is 0 Å². The zero-order chi connectivity index (χ0) is 12.0. The van der Waals surface area contributed by atoms with E-state index in [1.54, 1.807) is 0 Å². The molecule has 0 aliphatic heterocycles. The SMILES string of the molecule is CC(CC1CCCCCCCC1)C(C)(C)C. The van der Waals surface area contributed by atoms with Crippen molar-refractivity contribution >= 4 is 0 Å². The third kappa shape index (κ3) is 5.37. The van der Waals surface area contributed by atoms with E-state index < -0.39 is 0 Å². The van der Waals surface area contributed by atoms with Crippen LogP contribution in [0.2, 0.25) is 0 Å². The lowest BCUT2D eigenvalue weighted by molar-refractivity contribution is 0.202. The second-order valence-electron chi connectivity index (χ2n) is 7.07. The van der Waals surface area contributed by atoms with E-state index in [0.29, 0.717) is 5.41 Å². The lowest BCUT2D eigenvalue weighted by Crippen LogP contribution is -2.20. The minimum atomic E-state index is 0.498. The summed E-state index contributed by atoms with van der Waals surface area (Å²) in [7, 11) is 0. The molecule has 0 heteroatoms. The van der Waals surface area contributed by atoms with Gasteiger partial charge in [0.2, 0.25) is 0 Å². The quantitative estimate of drug-likeness (QED) is 0.555. The molecule has 0 aromatic heterocycles. The summed E-state index contributed by atoms with van der Waals surface area (Å²) in [6.45, 7) is 9.64. The molecule has 0 radical (unpaired) electrons. The van der Waals surface area contributed by atoms with Crippen LogP contribution in [0.15, 0.2) is 0 Å². The minimum Gasteiger partial charge on any atom is -0.0620 e. The summed E-state index contributed by atoms with van der Waals surface area (Å²) in [5, 5.41) is 0. The Kier molecular flexibility index (Phi) is 5.86. The highest BCUT2D eigenvalue weighted by molar-refractivity contribution is 4.74. The van der Waals surface area contributed by atoms with E-state index in [1.807, 2.05) is 0 Å². The molecule has 96 valence electrons. The predicted molar refractivity (Wildman–Crippen MR) is 73.7 cm³/mol. The molecule has 0 aromatic rings. The molecule has 0 spiro atoms. The van der Waals surface area contributed by atoms with Gasteiger partial charge in [-0.25, -0.2) is 0 Å². The molecule has 0 saturated heterocycles. The highest BCUT2D eigenvalue weighted by Crippen LogP contribution is 2.34. The maximum absolute atomic E-state index is 2.45. The van der Waals surface area contributed by atoms with Gasteiger partial charge in [-0.15, -0.1) is 0 Å². The lowest BCUT2D eigenvalue weighted by atomic mass is 9.75. The van der Waals surface area contributed by atoms with Gasteiger partial charge < -0.3 is 0 Å². The Morgan fingerprint density at radius 2 is 1.31 bits per heavy atom. The first kappa shape index (κ1) is 14.1. The second-order valence-corrected chi connectivity index (χ2v) is 7.07. The summed E-state index contributed by atoms with van der Waals surface area (Å²) in [5.74, 6) is 1.89. The molecule has 0 aromatic carbocycles.